The third-order valence-electron chi connectivity index (χ3n) is 5.17. The van der Waals surface area contributed by atoms with Gasteiger partial charge in [0.25, 0.3) is 0 Å². The highest BCUT2D eigenvalue weighted by Gasteiger charge is 2.45. The van der Waals surface area contributed by atoms with E-state index >= 15 is 0 Å². The predicted molar refractivity (Wildman–Crippen MR) is 93.4 cm³/mol. The number of benzene rings is 1. The lowest BCUT2D eigenvalue weighted by atomic mass is 9.87. The van der Waals surface area contributed by atoms with Crippen molar-refractivity contribution >= 4 is 22.2 Å². The first kappa shape index (κ1) is 18.8. The molecule has 0 unspecified atom stereocenters. The minimum Gasteiger partial charge on any atom is -0.444 e. The molecular formula is C18H23NO6S. The molecule has 0 aromatic heterocycles. The van der Waals surface area contributed by atoms with Gasteiger partial charge in [0, 0.05) is 18.8 Å². The van der Waals surface area contributed by atoms with Crippen LogP contribution in [0.1, 0.15) is 19.8 Å². The third-order valence-corrected chi connectivity index (χ3v) is 6.99. The molecule has 1 aromatic rings. The summed E-state index contributed by atoms with van der Waals surface area (Å²) in [6.45, 7) is 2.35. The van der Waals surface area contributed by atoms with E-state index in [9.17, 15) is 18.0 Å². The van der Waals surface area contributed by atoms with Crippen molar-refractivity contribution in [1.29, 1.82) is 0 Å². The zero-order valence-corrected chi connectivity index (χ0v) is 15.4. The summed E-state index contributed by atoms with van der Waals surface area (Å²) in [6, 6.07) is 8.29. The molecule has 2 aliphatic heterocycles. The molecule has 142 valence electrons. The Morgan fingerprint density at radius 3 is 2.58 bits per heavy atom. The number of alkyl carbamates (subject to hydrolysis) is 1. The molecule has 8 heteroatoms. The number of cyclic esters (lactones) is 1. The van der Waals surface area contributed by atoms with Gasteiger partial charge in [0.1, 0.15) is 12.4 Å². The van der Waals surface area contributed by atoms with E-state index in [-0.39, 0.29) is 41.1 Å². The zero-order chi connectivity index (χ0) is 18.7. The fourth-order valence-electron chi connectivity index (χ4n) is 3.72. The third kappa shape index (κ3) is 4.07. The van der Waals surface area contributed by atoms with Crippen LogP contribution in [0, 0.1) is 11.8 Å². The van der Waals surface area contributed by atoms with E-state index in [1.807, 2.05) is 6.92 Å². The molecule has 1 aromatic carbocycles. The van der Waals surface area contributed by atoms with Gasteiger partial charge in [-0.05, 0) is 18.1 Å². The minimum absolute atomic E-state index is 0.0715. The van der Waals surface area contributed by atoms with Crippen LogP contribution in [0.5, 0.6) is 0 Å². The lowest BCUT2D eigenvalue weighted by Crippen LogP contribution is -2.29. The number of rotatable bonds is 7. The topological polar surface area (TPSA) is 98.8 Å². The highest BCUT2D eigenvalue weighted by molar-refractivity contribution is 7.91. The molecule has 0 radical (unpaired) electrons. The summed E-state index contributed by atoms with van der Waals surface area (Å²) in [5.41, 5.74) is 0. The summed E-state index contributed by atoms with van der Waals surface area (Å²) < 4.78 is 36.7. The number of hydrogen-bond donors (Lipinski definition) is 1. The molecule has 7 nitrogen and oxygen atoms in total. The largest absolute Gasteiger partial charge is 0.444 e. The van der Waals surface area contributed by atoms with Gasteiger partial charge in [-0.15, -0.1) is 0 Å². The van der Waals surface area contributed by atoms with Gasteiger partial charge in [-0.3, -0.25) is 0 Å². The van der Waals surface area contributed by atoms with E-state index in [4.69, 9.17) is 9.47 Å². The number of sulfone groups is 1. The van der Waals surface area contributed by atoms with Crippen molar-refractivity contribution in [2.24, 2.45) is 11.8 Å². The second-order valence-electron chi connectivity index (χ2n) is 6.88. The molecular weight excluding hydrogens is 358 g/mol. The summed E-state index contributed by atoms with van der Waals surface area (Å²) >= 11 is 0. The van der Waals surface area contributed by atoms with Crippen LogP contribution in [0.25, 0.3) is 0 Å². The van der Waals surface area contributed by atoms with Crippen LogP contribution < -0.4 is 5.32 Å². The van der Waals surface area contributed by atoms with Gasteiger partial charge in [-0.1, -0.05) is 25.1 Å². The van der Waals surface area contributed by atoms with Gasteiger partial charge in [0.2, 0.25) is 0 Å². The Kier molecular flexibility index (Phi) is 5.62. The van der Waals surface area contributed by atoms with E-state index in [0.717, 1.165) is 6.29 Å². The Bertz CT molecular complexity index is 750. The standard InChI is InChI=1S/C18H23NO6S/c1-12-15(11-26(22,23)14-5-3-2-4-6-14)16(7-8-20)25-17(12)9-13-10-19-18(21)24-13/h2-6,8,12-13,15-17H,7,9-11H2,1H3,(H,19,21)/t12-,13+,15-,16+,17-/m1/s1. The average molecular weight is 381 g/mol. The van der Waals surface area contributed by atoms with Gasteiger partial charge in [-0.2, -0.15) is 0 Å². The molecule has 1 N–H and O–H groups in total. The molecule has 0 spiro atoms. The highest BCUT2D eigenvalue weighted by Crippen LogP contribution is 2.38. The van der Waals surface area contributed by atoms with Crippen LogP contribution in [0.3, 0.4) is 0 Å². The van der Waals surface area contributed by atoms with Gasteiger partial charge < -0.3 is 19.6 Å². The Morgan fingerprint density at radius 1 is 1.23 bits per heavy atom. The fraction of sp³-hybridized carbons (Fsp3) is 0.556. The van der Waals surface area contributed by atoms with Crippen molar-refractivity contribution in [3.8, 4) is 0 Å². The zero-order valence-electron chi connectivity index (χ0n) is 14.5. The molecule has 2 aliphatic rings. The number of carbonyl (C=O) groups excluding carboxylic acids is 2. The Balaban J connectivity index is 1.73. The summed E-state index contributed by atoms with van der Waals surface area (Å²) in [5.74, 6) is -0.436. The number of aldehydes is 1. The summed E-state index contributed by atoms with van der Waals surface area (Å²) in [5, 5.41) is 2.60. The van der Waals surface area contributed by atoms with Gasteiger partial charge in [0.05, 0.1) is 29.4 Å². The molecule has 0 saturated carbocycles. The lowest BCUT2D eigenvalue weighted by molar-refractivity contribution is -0.110. The maximum Gasteiger partial charge on any atom is 0.407 e. The lowest BCUT2D eigenvalue weighted by Gasteiger charge is -2.21. The normalized spacial score (nSPS) is 31.4. The summed E-state index contributed by atoms with van der Waals surface area (Å²) in [4.78, 5) is 22.5. The second kappa shape index (κ2) is 7.75. The molecule has 1 amide bonds. The second-order valence-corrected chi connectivity index (χ2v) is 8.91. The van der Waals surface area contributed by atoms with E-state index in [1.54, 1.807) is 30.3 Å². The van der Waals surface area contributed by atoms with Crippen molar-refractivity contribution < 1.29 is 27.5 Å². The van der Waals surface area contributed by atoms with Crippen molar-refractivity contribution in [3.63, 3.8) is 0 Å². The van der Waals surface area contributed by atoms with E-state index in [0.29, 0.717) is 13.0 Å². The van der Waals surface area contributed by atoms with Crippen molar-refractivity contribution in [2.45, 2.75) is 43.0 Å². The molecule has 0 aliphatic carbocycles. The van der Waals surface area contributed by atoms with Gasteiger partial charge in [-0.25, -0.2) is 13.2 Å². The number of nitrogens with one attached hydrogen (secondary N) is 1. The first-order valence-corrected chi connectivity index (χ1v) is 10.4. The number of amides is 1. The van der Waals surface area contributed by atoms with E-state index in [1.165, 1.54) is 0 Å². The predicted octanol–water partition coefficient (Wildman–Crippen LogP) is 1.57. The average Bonchev–Trinajstić information content (AvgIpc) is 3.14. The van der Waals surface area contributed by atoms with Crippen molar-refractivity contribution in [2.75, 3.05) is 12.3 Å². The van der Waals surface area contributed by atoms with Crippen LogP contribution in [-0.4, -0.2) is 51.4 Å². The minimum atomic E-state index is -3.48. The molecule has 3 rings (SSSR count). The summed E-state index contributed by atoms with van der Waals surface area (Å²) in [6.07, 6.45) is -0.0522. The molecule has 2 saturated heterocycles. The van der Waals surface area contributed by atoms with E-state index in [2.05, 4.69) is 5.32 Å². The smallest absolute Gasteiger partial charge is 0.407 e. The summed E-state index contributed by atoms with van der Waals surface area (Å²) in [7, 11) is -3.48. The molecule has 2 fully saturated rings. The maximum atomic E-state index is 12.8. The Labute approximate surface area is 153 Å². The molecule has 2 heterocycles. The van der Waals surface area contributed by atoms with Crippen molar-refractivity contribution in [3.05, 3.63) is 30.3 Å². The monoisotopic (exact) mass is 381 g/mol. The highest BCUT2D eigenvalue weighted by atomic mass is 32.2. The number of carbonyl (C=O) groups is 2. The SMILES string of the molecule is C[C@@H]1[C@@H](CS(=O)(=O)c2ccccc2)[C@H](CC=O)O[C@@H]1C[C@H]1CNC(=O)O1. The first-order valence-electron chi connectivity index (χ1n) is 8.72. The molecule has 26 heavy (non-hydrogen) atoms. The van der Waals surface area contributed by atoms with Crippen LogP contribution >= 0.6 is 0 Å². The van der Waals surface area contributed by atoms with Crippen LogP contribution in [0.4, 0.5) is 4.79 Å². The quantitative estimate of drug-likeness (QED) is 0.720. The van der Waals surface area contributed by atoms with Crippen LogP contribution in [-0.2, 0) is 24.1 Å². The van der Waals surface area contributed by atoms with Gasteiger partial charge in [0.15, 0.2) is 9.84 Å². The van der Waals surface area contributed by atoms with E-state index < -0.39 is 22.0 Å². The number of ether oxygens (including phenoxy) is 2. The first-order chi connectivity index (χ1) is 12.4. The molecule has 5 atom stereocenters. The fourth-order valence-corrected chi connectivity index (χ4v) is 5.51. The van der Waals surface area contributed by atoms with Crippen LogP contribution in [0.15, 0.2) is 35.2 Å². The molecule has 0 bridgehead atoms. The van der Waals surface area contributed by atoms with Crippen LogP contribution in [0.2, 0.25) is 0 Å². The number of hydrogen-bond acceptors (Lipinski definition) is 6. The van der Waals surface area contributed by atoms with Crippen molar-refractivity contribution in [1.82, 2.24) is 5.32 Å². The Morgan fingerprint density at radius 2 is 1.96 bits per heavy atom. The Hall–Kier alpha value is -1.93. The van der Waals surface area contributed by atoms with Gasteiger partial charge >= 0.3 is 6.09 Å². The maximum absolute atomic E-state index is 12.8.